The van der Waals surface area contributed by atoms with E-state index >= 15 is 0 Å². The highest BCUT2D eigenvalue weighted by Gasteiger charge is 2.14. The van der Waals surface area contributed by atoms with Gasteiger partial charge in [-0.25, -0.2) is 9.63 Å². The smallest absolute Gasteiger partial charge is 0.345 e. The van der Waals surface area contributed by atoms with Gasteiger partial charge in [0.2, 0.25) is 0 Å². The normalized spacial score (nSPS) is 11.4. The lowest BCUT2D eigenvalue weighted by Crippen LogP contribution is -2.18. The van der Waals surface area contributed by atoms with Gasteiger partial charge in [-0.3, -0.25) is 0 Å². The summed E-state index contributed by atoms with van der Waals surface area (Å²) in [6.45, 7) is 0. The van der Waals surface area contributed by atoms with E-state index in [9.17, 15) is 13.2 Å². The second kappa shape index (κ2) is 9.49. The zero-order valence-electron chi connectivity index (χ0n) is 15.1. The molecule has 0 radical (unpaired) electrons. The quantitative estimate of drug-likeness (QED) is 0.227. The van der Waals surface area contributed by atoms with Gasteiger partial charge in [-0.15, -0.1) is 0 Å². The Morgan fingerprint density at radius 1 is 0.933 bits per heavy atom. The first-order valence-electron chi connectivity index (χ1n) is 8.32. The fraction of sp³-hybridized carbons (Fsp3) is 0. The highest BCUT2D eigenvalue weighted by atomic mass is 35.5. The third-order valence-electron chi connectivity index (χ3n) is 3.73. The van der Waals surface area contributed by atoms with E-state index in [1.807, 2.05) is 0 Å². The summed E-state index contributed by atoms with van der Waals surface area (Å²) in [5.41, 5.74) is 0.664. The lowest BCUT2D eigenvalue weighted by molar-refractivity contribution is 0.0735. The standard InChI is InChI=1S/C20H13Cl3N2O4S/c21-14-4-7-17(8-5-14)30(27,28)25-24-12-13-2-1-3-16(10-13)29-20(26)18-9-6-15(22)11-19(18)23/h1-12,25H/b24-12-. The van der Waals surface area contributed by atoms with E-state index in [1.165, 1.54) is 54.7 Å². The van der Waals surface area contributed by atoms with Gasteiger partial charge in [0.1, 0.15) is 5.75 Å². The van der Waals surface area contributed by atoms with Crippen molar-refractivity contribution in [2.24, 2.45) is 5.10 Å². The molecular formula is C20H13Cl3N2O4S. The molecule has 0 heterocycles. The first kappa shape index (κ1) is 22.1. The maximum absolute atomic E-state index is 12.3. The molecule has 10 heteroatoms. The van der Waals surface area contributed by atoms with Gasteiger partial charge in [0.15, 0.2) is 0 Å². The fourth-order valence-corrected chi connectivity index (χ4v) is 3.72. The Balaban J connectivity index is 1.69. The molecule has 30 heavy (non-hydrogen) atoms. The molecule has 0 unspecified atom stereocenters. The summed E-state index contributed by atoms with van der Waals surface area (Å²) in [5.74, 6) is -0.426. The zero-order valence-corrected chi connectivity index (χ0v) is 18.1. The average Bonchev–Trinajstić information content (AvgIpc) is 2.68. The van der Waals surface area contributed by atoms with Crippen LogP contribution in [0.3, 0.4) is 0 Å². The number of ether oxygens (including phenoxy) is 1. The van der Waals surface area contributed by atoms with Crippen molar-refractivity contribution in [1.29, 1.82) is 0 Å². The van der Waals surface area contributed by atoms with E-state index in [0.29, 0.717) is 15.6 Å². The minimum atomic E-state index is -3.84. The molecule has 0 atom stereocenters. The number of hydrogen-bond acceptors (Lipinski definition) is 5. The number of esters is 1. The van der Waals surface area contributed by atoms with Crippen molar-refractivity contribution in [1.82, 2.24) is 4.83 Å². The SMILES string of the molecule is O=C(Oc1cccc(/C=N\NS(=O)(=O)c2ccc(Cl)cc2)c1)c1ccc(Cl)cc1Cl. The fourth-order valence-electron chi connectivity index (χ4n) is 2.31. The number of carbonyl (C=O) groups excluding carboxylic acids is 1. The molecule has 0 saturated heterocycles. The molecular weight excluding hydrogens is 471 g/mol. The van der Waals surface area contributed by atoms with Crippen LogP contribution >= 0.6 is 34.8 Å². The van der Waals surface area contributed by atoms with Gasteiger partial charge in [-0.05, 0) is 60.2 Å². The Morgan fingerprint density at radius 3 is 2.33 bits per heavy atom. The van der Waals surface area contributed by atoms with Crippen molar-refractivity contribution < 1.29 is 17.9 Å². The predicted octanol–water partition coefficient (Wildman–Crippen LogP) is 5.18. The van der Waals surface area contributed by atoms with Gasteiger partial charge < -0.3 is 4.74 Å². The van der Waals surface area contributed by atoms with Crippen molar-refractivity contribution in [3.63, 3.8) is 0 Å². The van der Waals surface area contributed by atoms with Crippen LogP contribution in [0.4, 0.5) is 0 Å². The molecule has 0 saturated carbocycles. The zero-order chi connectivity index (χ0) is 21.7. The monoisotopic (exact) mass is 482 g/mol. The second-order valence-corrected chi connectivity index (χ2v) is 8.83. The van der Waals surface area contributed by atoms with Gasteiger partial charge in [0.25, 0.3) is 10.0 Å². The van der Waals surface area contributed by atoms with Gasteiger partial charge in [0, 0.05) is 10.0 Å². The molecule has 3 rings (SSSR count). The molecule has 0 aromatic heterocycles. The highest BCUT2D eigenvalue weighted by molar-refractivity contribution is 7.89. The molecule has 0 spiro atoms. The second-order valence-electron chi connectivity index (χ2n) is 5.89. The number of hydrazone groups is 1. The first-order chi connectivity index (χ1) is 14.2. The van der Waals surface area contributed by atoms with Gasteiger partial charge in [-0.1, -0.05) is 46.9 Å². The molecule has 3 aromatic carbocycles. The Bertz CT molecular complexity index is 1210. The largest absolute Gasteiger partial charge is 0.423 e. The Kier molecular flexibility index (Phi) is 6.99. The van der Waals surface area contributed by atoms with Gasteiger partial charge in [0.05, 0.1) is 21.7 Å². The lowest BCUT2D eigenvalue weighted by atomic mass is 10.2. The lowest BCUT2D eigenvalue weighted by Gasteiger charge is -2.07. The van der Waals surface area contributed by atoms with Crippen LogP contribution < -0.4 is 9.57 Å². The minimum Gasteiger partial charge on any atom is -0.423 e. The number of rotatable bonds is 6. The molecule has 154 valence electrons. The third kappa shape index (κ3) is 5.73. The van der Waals surface area contributed by atoms with Gasteiger partial charge >= 0.3 is 5.97 Å². The van der Waals surface area contributed by atoms with E-state index in [1.54, 1.807) is 18.2 Å². The van der Waals surface area contributed by atoms with Crippen LogP contribution in [-0.2, 0) is 10.0 Å². The Labute approximate surface area is 188 Å². The summed E-state index contributed by atoms with van der Waals surface area (Å²) in [6.07, 6.45) is 1.28. The minimum absolute atomic E-state index is 0.0200. The molecule has 0 amide bonds. The van der Waals surface area contributed by atoms with E-state index in [4.69, 9.17) is 39.5 Å². The molecule has 6 nitrogen and oxygen atoms in total. The first-order valence-corrected chi connectivity index (χ1v) is 10.9. The summed E-state index contributed by atoms with van der Waals surface area (Å²) < 4.78 is 29.7. The summed E-state index contributed by atoms with van der Waals surface area (Å²) in [6, 6.07) is 16.4. The number of carbonyl (C=O) groups is 1. The van der Waals surface area contributed by atoms with Crippen molar-refractivity contribution in [3.05, 3.63) is 92.9 Å². The summed E-state index contributed by atoms with van der Waals surface area (Å²) >= 11 is 17.6. The predicted molar refractivity (Wildman–Crippen MR) is 117 cm³/mol. The molecule has 0 aliphatic heterocycles. The van der Waals surface area contributed by atoms with Crippen LogP contribution in [0.25, 0.3) is 0 Å². The van der Waals surface area contributed by atoms with Crippen LogP contribution in [0.15, 0.2) is 76.7 Å². The summed E-state index contributed by atoms with van der Waals surface area (Å²) in [7, 11) is -3.84. The topological polar surface area (TPSA) is 84.8 Å². The average molecular weight is 484 g/mol. The molecule has 0 bridgehead atoms. The van der Waals surface area contributed by atoms with E-state index in [0.717, 1.165) is 0 Å². The number of nitrogens with one attached hydrogen (secondary N) is 1. The molecule has 0 aliphatic carbocycles. The maximum Gasteiger partial charge on any atom is 0.345 e. The highest BCUT2D eigenvalue weighted by Crippen LogP contribution is 2.23. The van der Waals surface area contributed by atoms with Crippen molar-refractivity contribution >= 4 is 57.0 Å². The van der Waals surface area contributed by atoms with Crippen molar-refractivity contribution in [2.45, 2.75) is 4.90 Å². The Morgan fingerprint density at radius 2 is 1.63 bits per heavy atom. The summed E-state index contributed by atoms with van der Waals surface area (Å²) in [4.78, 5) is 14.4. The van der Waals surface area contributed by atoms with Gasteiger partial charge in [-0.2, -0.15) is 13.5 Å². The number of benzene rings is 3. The third-order valence-corrected chi connectivity index (χ3v) is 5.77. The number of halogens is 3. The van der Waals surface area contributed by atoms with Crippen LogP contribution in [0.5, 0.6) is 5.75 Å². The summed E-state index contributed by atoms with van der Waals surface area (Å²) in [5, 5.41) is 4.73. The number of hydrogen-bond donors (Lipinski definition) is 1. The number of sulfonamides is 1. The molecule has 0 fully saturated rings. The van der Waals surface area contributed by atoms with E-state index in [2.05, 4.69) is 9.93 Å². The number of nitrogens with zero attached hydrogens (tertiary/aromatic N) is 1. The van der Waals surface area contributed by atoms with Crippen LogP contribution in [-0.4, -0.2) is 20.6 Å². The van der Waals surface area contributed by atoms with Crippen molar-refractivity contribution in [2.75, 3.05) is 0 Å². The van der Waals surface area contributed by atoms with E-state index in [-0.39, 0.29) is 21.2 Å². The molecule has 1 N–H and O–H groups in total. The molecule has 0 aliphatic rings. The van der Waals surface area contributed by atoms with Crippen LogP contribution in [0.2, 0.25) is 15.1 Å². The van der Waals surface area contributed by atoms with Crippen LogP contribution in [0.1, 0.15) is 15.9 Å². The Hall–Kier alpha value is -2.58. The van der Waals surface area contributed by atoms with E-state index < -0.39 is 16.0 Å². The molecule has 3 aromatic rings. The maximum atomic E-state index is 12.3. The van der Waals surface area contributed by atoms with Crippen molar-refractivity contribution in [3.8, 4) is 5.75 Å². The van der Waals surface area contributed by atoms with Crippen LogP contribution in [0, 0.1) is 0 Å².